The molecule has 0 fully saturated rings. The molecule has 0 heterocycles. The van der Waals surface area contributed by atoms with E-state index in [9.17, 15) is 9.59 Å². The Hall–Kier alpha value is -3.86. The van der Waals surface area contributed by atoms with Crippen molar-refractivity contribution in [2.24, 2.45) is 0 Å². The van der Waals surface area contributed by atoms with Gasteiger partial charge in [0, 0.05) is 14.5 Å². The summed E-state index contributed by atoms with van der Waals surface area (Å²) in [6.07, 6.45) is 0. The summed E-state index contributed by atoms with van der Waals surface area (Å²) >= 11 is 0. The van der Waals surface area contributed by atoms with E-state index in [1.54, 1.807) is 0 Å². The first-order valence-corrected chi connectivity index (χ1v) is 17.2. The number of rotatable bonds is 8. The first-order chi connectivity index (χ1) is 20.8. The van der Waals surface area contributed by atoms with Gasteiger partial charge in [-0.2, -0.15) is 0 Å². The van der Waals surface area contributed by atoms with Gasteiger partial charge >= 0.3 is 19.5 Å². The molecule has 0 saturated heterocycles. The second-order valence-corrected chi connectivity index (χ2v) is 15.7. The van der Waals surface area contributed by atoms with Crippen molar-refractivity contribution in [2.75, 3.05) is 0 Å². The molecule has 5 heteroatoms. The second-order valence-electron chi connectivity index (χ2n) is 9.54. The van der Waals surface area contributed by atoms with Crippen molar-refractivity contribution in [1.29, 1.82) is 0 Å². The van der Waals surface area contributed by atoms with E-state index in [2.05, 4.69) is 12.1 Å². The zero-order chi connectivity index (χ0) is 29.1. The average molecular weight is 684 g/mol. The zero-order valence-corrected chi connectivity index (χ0v) is 26.8. The molecule has 6 aromatic carbocycles. The standard InChI is InChI=1S/2C19H15OP.Rh/c2*20-16-21(17-10-4-1-5-11-17,18-12-6-2-7-13-18)19-14-8-3-9-15-19;/h2*1-15H;/q;;+2. The van der Waals surface area contributed by atoms with Crippen LogP contribution in [0.3, 0.4) is 0 Å². The molecule has 0 unspecified atom stereocenters. The molecule has 0 aliphatic heterocycles. The van der Waals surface area contributed by atoms with Crippen molar-refractivity contribution in [2.45, 2.75) is 0 Å². The van der Waals surface area contributed by atoms with Gasteiger partial charge in [-0.3, -0.25) is 0 Å². The van der Waals surface area contributed by atoms with Crippen molar-refractivity contribution in [3.63, 3.8) is 0 Å². The van der Waals surface area contributed by atoms with E-state index in [1.807, 2.05) is 182 Å². The molecule has 0 saturated carbocycles. The van der Waals surface area contributed by atoms with Crippen LogP contribution < -0.4 is 31.8 Å². The van der Waals surface area contributed by atoms with Gasteiger partial charge in [-0.15, -0.1) is 0 Å². The molecule has 0 N–H and O–H groups in total. The smallest absolute Gasteiger partial charge is 0.495 e. The molecule has 0 aromatic heterocycles. The van der Waals surface area contributed by atoms with Gasteiger partial charge in [0.05, 0.1) is 31.8 Å². The fourth-order valence-electron chi connectivity index (χ4n) is 5.12. The first kappa shape index (κ1) is 32.1. The molecule has 2 nitrogen and oxygen atoms in total. The van der Waals surface area contributed by atoms with Crippen LogP contribution in [0.4, 0.5) is 0 Å². The topological polar surface area (TPSA) is 34.1 Å². The third kappa shape index (κ3) is 6.71. The molecular formula is C38H30O2P2Rh+2. The SMILES string of the molecule is O=[C-][P+](c1ccccc1)(c1ccccc1)c1ccccc1.O=[C-][P+](c1ccccc1)(c1ccccc1)c1ccccc1.[Rh+2]. The van der Waals surface area contributed by atoms with Crippen LogP contribution in [0.2, 0.25) is 0 Å². The summed E-state index contributed by atoms with van der Waals surface area (Å²) in [5.74, 6) is 0. The van der Waals surface area contributed by atoms with Gasteiger partial charge < -0.3 is 9.59 Å². The molecule has 0 bridgehead atoms. The van der Waals surface area contributed by atoms with Gasteiger partial charge in [-0.25, -0.2) is 0 Å². The van der Waals surface area contributed by atoms with Crippen LogP contribution in [-0.4, -0.2) is 12.1 Å². The van der Waals surface area contributed by atoms with Crippen molar-refractivity contribution < 1.29 is 29.1 Å². The average Bonchev–Trinajstić information content (AvgIpc) is 3.09. The fourth-order valence-corrected chi connectivity index (χ4v) is 11.3. The van der Waals surface area contributed by atoms with E-state index in [1.165, 1.54) is 0 Å². The number of hydrogen-bond donors (Lipinski definition) is 0. The Kier molecular flexibility index (Phi) is 11.6. The zero-order valence-electron chi connectivity index (χ0n) is 23.4. The van der Waals surface area contributed by atoms with E-state index in [0.29, 0.717) is 0 Å². The summed E-state index contributed by atoms with van der Waals surface area (Å²) in [6.45, 7) is 0. The van der Waals surface area contributed by atoms with Gasteiger partial charge in [0.1, 0.15) is 0 Å². The third-order valence-electron chi connectivity index (χ3n) is 7.13. The summed E-state index contributed by atoms with van der Waals surface area (Å²) < 4.78 is 0. The van der Waals surface area contributed by atoms with Crippen LogP contribution in [-0.2, 0) is 29.1 Å². The Labute approximate surface area is 268 Å². The van der Waals surface area contributed by atoms with Crippen molar-refractivity contribution in [1.82, 2.24) is 0 Å². The minimum atomic E-state index is -2.34. The number of hydrogen-bond acceptors (Lipinski definition) is 2. The van der Waals surface area contributed by atoms with Gasteiger partial charge in [0.2, 0.25) is 0 Å². The number of carbonyl (C=O) groups excluding carboxylic acids is 2. The Morgan fingerprint density at radius 1 is 0.279 bits per heavy atom. The van der Waals surface area contributed by atoms with Gasteiger partial charge in [-0.1, -0.05) is 121 Å². The summed E-state index contributed by atoms with van der Waals surface area (Å²) in [4.78, 5) is 24.3. The van der Waals surface area contributed by atoms with Crippen LogP contribution in [0.25, 0.3) is 0 Å². The third-order valence-corrected chi connectivity index (χ3v) is 14.1. The van der Waals surface area contributed by atoms with E-state index >= 15 is 0 Å². The Bertz CT molecular complexity index is 1360. The van der Waals surface area contributed by atoms with E-state index in [0.717, 1.165) is 31.8 Å². The van der Waals surface area contributed by atoms with Crippen LogP contribution in [0, 0.1) is 0 Å². The molecular weight excluding hydrogens is 653 g/mol. The maximum Gasteiger partial charge on any atom is 2.00 e. The van der Waals surface area contributed by atoms with Gasteiger partial charge in [0.25, 0.3) is 0 Å². The van der Waals surface area contributed by atoms with Crippen LogP contribution in [0.5, 0.6) is 0 Å². The van der Waals surface area contributed by atoms with E-state index < -0.39 is 14.5 Å². The molecule has 211 valence electrons. The molecule has 43 heavy (non-hydrogen) atoms. The molecule has 0 atom stereocenters. The van der Waals surface area contributed by atoms with Crippen LogP contribution in [0.1, 0.15) is 0 Å². The summed E-state index contributed by atoms with van der Waals surface area (Å²) in [5.41, 5.74) is 0. The maximum atomic E-state index is 12.2. The maximum absolute atomic E-state index is 12.2. The first-order valence-electron chi connectivity index (χ1n) is 13.7. The molecule has 6 aromatic rings. The van der Waals surface area contributed by atoms with Crippen LogP contribution in [0.15, 0.2) is 182 Å². The molecule has 0 aliphatic rings. The summed E-state index contributed by atoms with van der Waals surface area (Å²) in [6, 6.07) is 64.7. The normalized spacial score (nSPS) is 10.8. The van der Waals surface area contributed by atoms with Gasteiger partial charge in [0.15, 0.2) is 0 Å². The van der Waals surface area contributed by atoms with Gasteiger partial charge in [-0.05, 0) is 72.8 Å². The second kappa shape index (κ2) is 15.6. The van der Waals surface area contributed by atoms with E-state index in [4.69, 9.17) is 0 Å². The quantitative estimate of drug-likeness (QED) is 0.111. The van der Waals surface area contributed by atoms with Crippen molar-refractivity contribution in [3.8, 4) is 0 Å². The predicted octanol–water partition coefficient (Wildman–Crippen LogP) is 6.09. The Balaban J connectivity index is 0.000000192. The number of benzene rings is 6. The van der Waals surface area contributed by atoms with Crippen molar-refractivity contribution >= 4 is 58.4 Å². The summed E-state index contributed by atoms with van der Waals surface area (Å²) in [7, 11) is -4.68. The van der Waals surface area contributed by atoms with Crippen molar-refractivity contribution in [3.05, 3.63) is 182 Å². The fraction of sp³-hybridized carbons (Fsp3) is 0. The Morgan fingerprint density at radius 3 is 0.535 bits per heavy atom. The Morgan fingerprint density at radius 2 is 0.419 bits per heavy atom. The molecule has 6 rings (SSSR count). The largest absolute Gasteiger partial charge is 2.00 e. The molecule has 0 aliphatic carbocycles. The van der Waals surface area contributed by atoms with Crippen LogP contribution >= 0.6 is 14.5 Å². The monoisotopic (exact) mass is 683 g/mol. The minimum absolute atomic E-state index is 0. The van der Waals surface area contributed by atoms with E-state index in [-0.39, 0.29) is 19.5 Å². The molecule has 0 amide bonds. The predicted molar refractivity (Wildman–Crippen MR) is 182 cm³/mol. The molecule has 0 spiro atoms. The molecule has 1 radical (unpaired) electrons. The minimum Gasteiger partial charge on any atom is -0.495 e. The summed E-state index contributed by atoms with van der Waals surface area (Å²) in [5, 5.41) is 6.24.